The van der Waals surface area contributed by atoms with Crippen molar-refractivity contribution in [3.05, 3.63) is 206 Å². The SMILES string of the molecule is CC(O)=CC(=O)CCc1ccccc1-c1cc(-c2ccccc2-c2ccc(-c3ccccn3)cc2)cc(-c2ccccc2-c2ccc(-c3ccccc3)nc2)c1. The van der Waals surface area contributed by atoms with Crippen molar-refractivity contribution in [2.24, 2.45) is 0 Å². The number of aliphatic hydroxyl groups is 1. The van der Waals surface area contributed by atoms with Gasteiger partial charge >= 0.3 is 0 Å². The highest BCUT2D eigenvalue weighted by Gasteiger charge is 2.16. The molecular weight excluding hydrogens is 685 g/mol. The van der Waals surface area contributed by atoms with Crippen LogP contribution in [0.2, 0.25) is 0 Å². The third-order valence-corrected chi connectivity index (χ3v) is 10.0. The maximum absolute atomic E-state index is 12.7. The number of aromatic nitrogens is 2. The number of allylic oxidation sites excluding steroid dienone is 2. The number of pyridine rings is 2. The van der Waals surface area contributed by atoms with Crippen LogP contribution in [0.3, 0.4) is 0 Å². The Morgan fingerprint density at radius 2 is 0.964 bits per heavy atom. The van der Waals surface area contributed by atoms with Crippen LogP contribution in [-0.4, -0.2) is 20.9 Å². The summed E-state index contributed by atoms with van der Waals surface area (Å²) in [5, 5.41) is 9.70. The summed E-state index contributed by atoms with van der Waals surface area (Å²) in [6.07, 6.45) is 5.94. The molecule has 0 unspecified atom stereocenters. The molecule has 1 N–H and O–H groups in total. The summed E-state index contributed by atoms with van der Waals surface area (Å²) in [7, 11) is 0. The summed E-state index contributed by atoms with van der Waals surface area (Å²) < 4.78 is 0. The van der Waals surface area contributed by atoms with Gasteiger partial charge in [0, 0.05) is 41.6 Å². The second-order valence-electron chi connectivity index (χ2n) is 13.9. The Balaban J connectivity index is 1.26. The Labute approximate surface area is 328 Å². The summed E-state index contributed by atoms with van der Waals surface area (Å²) in [5.74, 6) is -0.0766. The highest BCUT2D eigenvalue weighted by molar-refractivity contribution is 5.93. The number of hydrogen-bond donors (Lipinski definition) is 1. The van der Waals surface area contributed by atoms with E-state index in [0.717, 1.165) is 83.7 Å². The molecule has 0 bridgehead atoms. The van der Waals surface area contributed by atoms with Gasteiger partial charge < -0.3 is 5.11 Å². The van der Waals surface area contributed by atoms with Gasteiger partial charge in [0.25, 0.3) is 0 Å². The molecule has 0 fully saturated rings. The van der Waals surface area contributed by atoms with Gasteiger partial charge in [0.05, 0.1) is 17.1 Å². The van der Waals surface area contributed by atoms with E-state index in [0.29, 0.717) is 12.8 Å². The lowest BCUT2D eigenvalue weighted by molar-refractivity contribution is -0.114. The van der Waals surface area contributed by atoms with E-state index in [1.807, 2.05) is 54.9 Å². The second kappa shape index (κ2) is 16.5. The molecule has 0 spiro atoms. The van der Waals surface area contributed by atoms with Gasteiger partial charge in [-0.25, -0.2) is 0 Å². The molecule has 0 saturated heterocycles. The number of hydrogen-bond acceptors (Lipinski definition) is 4. The molecule has 2 aromatic heterocycles. The molecule has 2 heterocycles. The van der Waals surface area contributed by atoms with Crippen LogP contribution in [0.15, 0.2) is 200 Å². The lowest BCUT2D eigenvalue weighted by Crippen LogP contribution is -1.99. The molecule has 0 atom stereocenters. The fourth-order valence-corrected chi connectivity index (χ4v) is 7.34. The van der Waals surface area contributed by atoms with Crippen molar-refractivity contribution in [2.45, 2.75) is 19.8 Å². The molecule has 0 aliphatic rings. The van der Waals surface area contributed by atoms with Crippen molar-refractivity contribution < 1.29 is 9.90 Å². The highest BCUT2D eigenvalue weighted by Crippen LogP contribution is 2.41. The molecule has 0 aliphatic heterocycles. The first-order chi connectivity index (χ1) is 27.5. The number of nitrogens with zero attached hydrogens (tertiary/aromatic N) is 2. The number of carbonyl (C=O) groups excluding carboxylic acids is 1. The van der Waals surface area contributed by atoms with Gasteiger partial charge in [0.1, 0.15) is 0 Å². The molecule has 4 nitrogen and oxygen atoms in total. The van der Waals surface area contributed by atoms with Crippen LogP contribution in [0, 0.1) is 0 Å². The predicted octanol–water partition coefficient (Wildman–Crippen LogP) is 13.1. The quantitative estimate of drug-likeness (QED) is 0.107. The Morgan fingerprint density at radius 3 is 1.55 bits per heavy atom. The van der Waals surface area contributed by atoms with E-state index in [4.69, 9.17) is 4.98 Å². The number of benzene rings is 6. The Hall–Kier alpha value is -7.17. The molecule has 8 rings (SSSR count). The Kier molecular flexibility index (Phi) is 10.5. The van der Waals surface area contributed by atoms with Gasteiger partial charge in [-0.15, -0.1) is 0 Å². The van der Waals surface area contributed by atoms with Crippen molar-refractivity contribution >= 4 is 5.78 Å². The number of rotatable bonds is 11. The standard InChI is InChI=1S/C52H40N2O2/c1-36(55)31-45(56)28-26-37-13-5-6-16-46(37)42-32-43(49-19-9-7-17-47(49)38-22-24-40(25-23-38)51-21-11-12-30-53-51)34-44(33-42)50-20-10-8-18-48(50)41-27-29-52(54-35-41)39-14-3-2-4-15-39/h2-25,27,29-35,55H,26,28H2,1H3. The summed E-state index contributed by atoms with van der Waals surface area (Å²) >= 11 is 0. The maximum atomic E-state index is 12.7. The summed E-state index contributed by atoms with van der Waals surface area (Å²) in [6, 6.07) is 61.2. The van der Waals surface area contributed by atoms with Gasteiger partial charge in [0.2, 0.25) is 0 Å². The van der Waals surface area contributed by atoms with Gasteiger partial charge in [0.15, 0.2) is 5.78 Å². The van der Waals surface area contributed by atoms with E-state index in [1.165, 1.54) is 13.0 Å². The van der Waals surface area contributed by atoms with Gasteiger partial charge in [-0.05, 0) is 105 Å². The lowest BCUT2D eigenvalue weighted by Gasteiger charge is -2.18. The molecule has 0 saturated carbocycles. The number of carbonyl (C=O) groups is 1. The highest BCUT2D eigenvalue weighted by atomic mass is 16.3. The Morgan fingerprint density at radius 1 is 0.482 bits per heavy atom. The van der Waals surface area contributed by atoms with E-state index in [9.17, 15) is 9.90 Å². The van der Waals surface area contributed by atoms with E-state index in [1.54, 1.807) is 0 Å². The van der Waals surface area contributed by atoms with Crippen molar-refractivity contribution in [3.8, 4) is 78.1 Å². The molecule has 0 aliphatic carbocycles. The zero-order valence-corrected chi connectivity index (χ0v) is 31.1. The minimum atomic E-state index is -0.0990. The van der Waals surface area contributed by atoms with Crippen molar-refractivity contribution in [1.82, 2.24) is 9.97 Å². The lowest BCUT2D eigenvalue weighted by atomic mass is 9.86. The summed E-state index contributed by atoms with van der Waals surface area (Å²) in [5.41, 5.74) is 15.9. The minimum Gasteiger partial charge on any atom is -0.512 e. The molecule has 56 heavy (non-hydrogen) atoms. The van der Waals surface area contributed by atoms with Crippen LogP contribution in [0.1, 0.15) is 18.9 Å². The van der Waals surface area contributed by atoms with Crippen LogP contribution in [-0.2, 0) is 11.2 Å². The molecule has 6 aromatic carbocycles. The van der Waals surface area contributed by atoms with E-state index in [-0.39, 0.29) is 11.5 Å². The molecule has 4 heteroatoms. The monoisotopic (exact) mass is 724 g/mol. The normalized spacial score (nSPS) is 11.3. The molecule has 270 valence electrons. The number of aliphatic hydroxyl groups excluding tert-OH is 1. The third kappa shape index (κ3) is 8.01. The smallest absolute Gasteiger partial charge is 0.159 e. The molecule has 0 amide bonds. The second-order valence-corrected chi connectivity index (χ2v) is 13.9. The van der Waals surface area contributed by atoms with Crippen molar-refractivity contribution in [3.63, 3.8) is 0 Å². The van der Waals surface area contributed by atoms with E-state index >= 15 is 0 Å². The fraction of sp³-hybridized carbons (Fsp3) is 0.0577. The van der Waals surface area contributed by atoms with Crippen LogP contribution in [0.4, 0.5) is 0 Å². The first-order valence-electron chi connectivity index (χ1n) is 18.9. The molecular formula is C52H40N2O2. The minimum absolute atomic E-state index is 0.0224. The van der Waals surface area contributed by atoms with Gasteiger partial charge in [-0.3, -0.25) is 14.8 Å². The summed E-state index contributed by atoms with van der Waals surface area (Å²) in [6.45, 7) is 1.52. The predicted molar refractivity (Wildman–Crippen MR) is 230 cm³/mol. The Bertz CT molecular complexity index is 2500. The first kappa shape index (κ1) is 35.8. The van der Waals surface area contributed by atoms with Crippen molar-refractivity contribution in [2.75, 3.05) is 0 Å². The first-order valence-corrected chi connectivity index (χ1v) is 18.9. The maximum Gasteiger partial charge on any atom is 0.159 e. The average Bonchev–Trinajstić information content (AvgIpc) is 3.26. The van der Waals surface area contributed by atoms with E-state index in [2.05, 4.69) is 138 Å². The zero-order chi connectivity index (χ0) is 38.3. The molecule has 8 aromatic rings. The van der Waals surface area contributed by atoms with Gasteiger partial charge in [-0.2, -0.15) is 0 Å². The summed E-state index contributed by atoms with van der Waals surface area (Å²) in [4.78, 5) is 22.1. The third-order valence-electron chi connectivity index (χ3n) is 10.0. The van der Waals surface area contributed by atoms with E-state index < -0.39 is 0 Å². The molecule has 0 radical (unpaired) electrons. The number of ketones is 1. The topological polar surface area (TPSA) is 63.1 Å². The van der Waals surface area contributed by atoms with Crippen LogP contribution in [0.5, 0.6) is 0 Å². The van der Waals surface area contributed by atoms with Crippen LogP contribution < -0.4 is 0 Å². The zero-order valence-electron chi connectivity index (χ0n) is 31.1. The average molecular weight is 725 g/mol. The largest absolute Gasteiger partial charge is 0.512 e. The van der Waals surface area contributed by atoms with Crippen LogP contribution >= 0.6 is 0 Å². The van der Waals surface area contributed by atoms with Crippen LogP contribution in [0.25, 0.3) is 78.1 Å². The fourth-order valence-electron chi connectivity index (χ4n) is 7.34. The van der Waals surface area contributed by atoms with Gasteiger partial charge in [-0.1, -0.05) is 140 Å². The van der Waals surface area contributed by atoms with Crippen molar-refractivity contribution in [1.29, 1.82) is 0 Å². The number of aryl methyl sites for hydroxylation is 1.